The van der Waals surface area contributed by atoms with Crippen LogP contribution in [0.3, 0.4) is 0 Å². The van der Waals surface area contributed by atoms with Gasteiger partial charge in [0.15, 0.2) is 5.78 Å². The minimum absolute atomic E-state index is 0.241. The summed E-state index contributed by atoms with van der Waals surface area (Å²) in [5.74, 6) is -3.45. The number of likely N-dealkylation sites (tertiary alicyclic amines) is 1. The van der Waals surface area contributed by atoms with Gasteiger partial charge in [0.2, 0.25) is 0 Å². The summed E-state index contributed by atoms with van der Waals surface area (Å²) in [4.78, 5) is 44.8. The molecule has 0 spiro atoms. The van der Waals surface area contributed by atoms with E-state index in [0.29, 0.717) is 16.1 Å². The molecule has 2 aromatic carbocycles. The number of carboxylic acid groups (broad SMARTS) is 1. The van der Waals surface area contributed by atoms with Crippen molar-refractivity contribution in [3.05, 3.63) is 115 Å². The smallest absolute Gasteiger partial charge is 0.330 e. The third kappa shape index (κ3) is 4.21. The summed E-state index contributed by atoms with van der Waals surface area (Å²) in [6.45, 7) is 3.50. The van der Waals surface area contributed by atoms with Gasteiger partial charge in [0.1, 0.15) is 5.54 Å². The molecule has 37 heavy (non-hydrogen) atoms. The maximum Gasteiger partial charge on any atom is 0.330 e. The zero-order valence-electron chi connectivity index (χ0n) is 20.1. The number of rotatable bonds is 6. The number of nitrogens with zero attached hydrogens (tertiary/aromatic N) is 1. The Labute approximate surface area is 228 Å². The van der Waals surface area contributed by atoms with Crippen LogP contribution in [-0.4, -0.2) is 33.2 Å². The average Bonchev–Trinajstić information content (AvgIpc) is 3.62. The van der Waals surface area contributed by atoms with Crippen LogP contribution in [0.1, 0.15) is 54.9 Å². The van der Waals surface area contributed by atoms with E-state index in [2.05, 4.69) is 0 Å². The van der Waals surface area contributed by atoms with E-state index in [4.69, 9.17) is 11.6 Å². The monoisotopic (exact) mass is 549 g/mol. The normalized spacial score (nSPS) is 23.2. The second-order valence-corrected chi connectivity index (χ2v) is 11.7. The highest BCUT2D eigenvalue weighted by Crippen LogP contribution is 2.58. The third-order valence-corrected chi connectivity index (χ3v) is 9.47. The molecule has 4 unspecified atom stereocenters. The first kappa shape index (κ1) is 25.4. The van der Waals surface area contributed by atoms with E-state index in [1.807, 2.05) is 35.9 Å². The lowest BCUT2D eigenvalue weighted by molar-refractivity contribution is -0.148. The fraction of sp³-hybridized carbons (Fsp3) is 0.207. The van der Waals surface area contributed by atoms with E-state index in [9.17, 15) is 19.5 Å². The van der Waals surface area contributed by atoms with Crippen molar-refractivity contribution in [2.45, 2.75) is 31.3 Å². The number of aryl methyl sites for hydroxylation is 1. The van der Waals surface area contributed by atoms with Crippen molar-refractivity contribution >= 4 is 51.9 Å². The quantitative estimate of drug-likeness (QED) is 0.260. The summed E-state index contributed by atoms with van der Waals surface area (Å²) < 4.78 is 0. The Morgan fingerprint density at radius 2 is 1.65 bits per heavy atom. The number of amides is 1. The Kier molecular flexibility index (Phi) is 6.79. The molecule has 1 amide bonds. The van der Waals surface area contributed by atoms with Crippen LogP contribution in [0.2, 0.25) is 5.02 Å². The van der Waals surface area contributed by atoms with Gasteiger partial charge in [-0.1, -0.05) is 48.0 Å². The minimum Gasteiger partial charge on any atom is -0.479 e. The van der Waals surface area contributed by atoms with Crippen LogP contribution in [0.4, 0.5) is 0 Å². The van der Waals surface area contributed by atoms with Gasteiger partial charge in [-0.05, 0) is 66.6 Å². The molecule has 4 atom stereocenters. The summed E-state index contributed by atoms with van der Waals surface area (Å²) in [6, 6.07) is 20.2. The molecule has 3 heterocycles. The molecule has 0 radical (unpaired) electrons. The second-order valence-electron chi connectivity index (χ2n) is 9.30. The van der Waals surface area contributed by atoms with Gasteiger partial charge < -0.3 is 10.0 Å². The second kappa shape index (κ2) is 9.89. The van der Waals surface area contributed by atoms with Gasteiger partial charge in [0.25, 0.3) is 5.91 Å². The summed E-state index contributed by atoms with van der Waals surface area (Å²) in [5, 5.41) is 15.0. The Bertz CT molecular complexity index is 1470. The number of halogens is 1. The molecule has 1 aliphatic heterocycles. The minimum atomic E-state index is -1.70. The number of carboxylic acids is 1. The van der Waals surface area contributed by atoms with Gasteiger partial charge in [-0.15, -0.1) is 22.7 Å². The van der Waals surface area contributed by atoms with Crippen LogP contribution < -0.4 is 0 Å². The van der Waals surface area contributed by atoms with Crippen molar-refractivity contribution in [1.29, 1.82) is 0 Å². The van der Waals surface area contributed by atoms with Crippen LogP contribution in [-0.2, 0) is 4.79 Å². The van der Waals surface area contributed by atoms with E-state index in [1.165, 1.54) is 27.6 Å². The fourth-order valence-corrected chi connectivity index (χ4v) is 7.69. The molecule has 5 rings (SSSR count). The Hall–Kier alpha value is -3.26. The molecule has 188 valence electrons. The number of thiophene rings is 2. The number of hydrogen-bond acceptors (Lipinski definition) is 5. The number of Topliss-reactive ketones (excluding diaryl/α,β-unsaturated/α-hetero) is 1. The molecule has 2 aromatic heterocycles. The first-order chi connectivity index (χ1) is 17.7. The molecule has 0 aliphatic carbocycles. The van der Waals surface area contributed by atoms with Crippen LogP contribution >= 0.6 is 34.3 Å². The maximum atomic E-state index is 14.4. The number of benzene rings is 2. The number of carbonyl (C=O) groups excluding carboxylic acids is 2. The summed E-state index contributed by atoms with van der Waals surface area (Å²) in [5.41, 5.74) is -0.0306. The van der Waals surface area contributed by atoms with E-state index >= 15 is 0 Å². The van der Waals surface area contributed by atoms with Crippen LogP contribution in [0, 0.1) is 12.8 Å². The van der Waals surface area contributed by atoms with Crippen molar-refractivity contribution in [3.8, 4) is 0 Å². The SMILES string of the molecule is Cc1ccsc1C1C(C(=O)c2cccc(Cl)c2)C(c2cccs2)C(C)(C(=O)O)N1C(=O)c1ccccc1. The fourth-order valence-electron chi connectivity index (χ4n) is 5.44. The first-order valence-electron chi connectivity index (χ1n) is 11.7. The van der Waals surface area contributed by atoms with E-state index in [0.717, 1.165) is 15.3 Å². The summed E-state index contributed by atoms with van der Waals surface area (Å²) in [6.07, 6.45) is 0. The standard InChI is InChI=1S/C29H24ClNO4S2/c1-17-13-15-37-26(17)24-22(25(32)19-10-6-11-20(30)16-19)23(21-12-7-14-36-21)29(2,28(34)35)31(24)27(33)18-8-4-3-5-9-18/h3-16,22-24H,1-2H3,(H,34,35). The van der Waals surface area contributed by atoms with Crippen LogP contribution in [0.25, 0.3) is 0 Å². The van der Waals surface area contributed by atoms with E-state index in [-0.39, 0.29) is 5.78 Å². The molecule has 1 N–H and O–H groups in total. The highest BCUT2D eigenvalue weighted by molar-refractivity contribution is 7.10. The zero-order valence-corrected chi connectivity index (χ0v) is 22.5. The Balaban J connectivity index is 1.81. The summed E-state index contributed by atoms with van der Waals surface area (Å²) in [7, 11) is 0. The molecule has 0 saturated carbocycles. The van der Waals surface area contributed by atoms with Crippen LogP contribution in [0.5, 0.6) is 0 Å². The predicted octanol–water partition coefficient (Wildman–Crippen LogP) is 7.09. The van der Waals surface area contributed by atoms with Crippen molar-refractivity contribution in [2.24, 2.45) is 5.92 Å². The maximum absolute atomic E-state index is 14.4. The van der Waals surface area contributed by atoms with Gasteiger partial charge in [-0.2, -0.15) is 0 Å². The predicted molar refractivity (Wildman–Crippen MR) is 147 cm³/mol. The molecular weight excluding hydrogens is 526 g/mol. The van der Waals surface area contributed by atoms with Crippen molar-refractivity contribution in [2.75, 3.05) is 0 Å². The van der Waals surface area contributed by atoms with Gasteiger partial charge in [0, 0.05) is 31.8 Å². The molecular formula is C29H24ClNO4S2. The molecule has 4 aromatic rings. The lowest BCUT2D eigenvalue weighted by Crippen LogP contribution is -2.54. The average molecular weight is 550 g/mol. The molecule has 1 fully saturated rings. The Morgan fingerprint density at radius 1 is 0.919 bits per heavy atom. The van der Waals surface area contributed by atoms with Crippen LogP contribution in [0.15, 0.2) is 83.6 Å². The molecule has 1 saturated heterocycles. The van der Waals surface area contributed by atoms with E-state index in [1.54, 1.807) is 61.5 Å². The number of ketones is 1. The van der Waals surface area contributed by atoms with Gasteiger partial charge in [0.05, 0.1) is 12.0 Å². The lowest BCUT2D eigenvalue weighted by atomic mass is 9.75. The van der Waals surface area contributed by atoms with Crippen molar-refractivity contribution < 1.29 is 19.5 Å². The molecule has 8 heteroatoms. The van der Waals surface area contributed by atoms with Gasteiger partial charge in [-0.25, -0.2) is 4.79 Å². The van der Waals surface area contributed by atoms with Gasteiger partial charge in [-0.3, -0.25) is 9.59 Å². The number of hydrogen-bond donors (Lipinski definition) is 1. The van der Waals surface area contributed by atoms with Crippen molar-refractivity contribution in [1.82, 2.24) is 4.90 Å². The lowest BCUT2D eigenvalue weighted by Gasteiger charge is -2.37. The summed E-state index contributed by atoms with van der Waals surface area (Å²) >= 11 is 9.08. The topological polar surface area (TPSA) is 74.7 Å². The number of carbonyl (C=O) groups is 3. The highest BCUT2D eigenvalue weighted by atomic mass is 35.5. The Morgan fingerprint density at radius 3 is 2.24 bits per heavy atom. The molecule has 0 bridgehead atoms. The molecule has 1 aliphatic rings. The number of aliphatic carboxylic acids is 1. The first-order valence-corrected chi connectivity index (χ1v) is 13.9. The van der Waals surface area contributed by atoms with Gasteiger partial charge >= 0.3 is 5.97 Å². The van der Waals surface area contributed by atoms with Crippen molar-refractivity contribution in [3.63, 3.8) is 0 Å². The van der Waals surface area contributed by atoms with E-state index < -0.39 is 35.3 Å². The molecule has 5 nitrogen and oxygen atoms in total. The highest BCUT2D eigenvalue weighted by Gasteiger charge is 2.65. The zero-order chi connectivity index (χ0) is 26.3. The largest absolute Gasteiger partial charge is 0.479 e. The third-order valence-electron chi connectivity index (χ3n) is 7.19.